The zero-order valence-electron chi connectivity index (χ0n) is 13.8. The van der Waals surface area contributed by atoms with Gasteiger partial charge in [0.1, 0.15) is 11.5 Å². The summed E-state index contributed by atoms with van der Waals surface area (Å²) >= 11 is 0. The van der Waals surface area contributed by atoms with Gasteiger partial charge in [0.05, 0.1) is 12.2 Å². The van der Waals surface area contributed by atoms with Gasteiger partial charge in [-0.05, 0) is 69.2 Å². The fourth-order valence-corrected chi connectivity index (χ4v) is 2.21. The van der Waals surface area contributed by atoms with E-state index in [1.807, 2.05) is 38.1 Å². The molecular formula is C19H23NO3. The van der Waals surface area contributed by atoms with E-state index in [9.17, 15) is 4.79 Å². The number of carbonyl (C=O) groups is 1. The number of ether oxygens (including phenoxy) is 2. The second-order valence-corrected chi connectivity index (χ2v) is 6.16. The molecule has 2 aromatic carbocycles. The van der Waals surface area contributed by atoms with Crippen molar-refractivity contribution >= 4 is 5.97 Å². The molecule has 0 saturated carbocycles. The van der Waals surface area contributed by atoms with Crippen LogP contribution in [-0.4, -0.2) is 18.1 Å². The molecule has 4 heteroatoms. The molecular weight excluding hydrogens is 290 g/mol. The Morgan fingerprint density at radius 3 is 2.00 bits per heavy atom. The summed E-state index contributed by atoms with van der Waals surface area (Å²) in [4.78, 5) is 11.6. The fraction of sp³-hybridized carbons (Fsp3) is 0.316. The van der Waals surface area contributed by atoms with E-state index in [0.717, 1.165) is 12.2 Å². The molecule has 0 bridgehead atoms. The van der Waals surface area contributed by atoms with Crippen LogP contribution >= 0.6 is 0 Å². The summed E-state index contributed by atoms with van der Waals surface area (Å²) in [6.45, 7) is 6.15. The van der Waals surface area contributed by atoms with Crippen molar-refractivity contribution in [2.75, 3.05) is 6.61 Å². The SMILES string of the molecule is CCOC(=O)c1ccc(Oc2ccc(CC(C)(C)N)cc2)cc1. The van der Waals surface area contributed by atoms with Gasteiger partial charge >= 0.3 is 5.97 Å². The second kappa shape index (κ2) is 7.29. The molecule has 122 valence electrons. The molecule has 23 heavy (non-hydrogen) atoms. The lowest BCUT2D eigenvalue weighted by molar-refractivity contribution is 0.0526. The van der Waals surface area contributed by atoms with Gasteiger partial charge in [-0.15, -0.1) is 0 Å². The number of benzene rings is 2. The quantitative estimate of drug-likeness (QED) is 0.821. The van der Waals surface area contributed by atoms with Gasteiger partial charge in [-0.1, -0.05) is 12.1 Å². The highest BCUT2D eigenvalue weighted by atomic mass is 16.5. The minimum atomic E-state index is -0.326. The van der Waals surface area contributed by atoms with E-state index >= 15 is 0 Å². The molecule has 0 aromatic heterocycles. The first kappa shape index (κ1) is 17.0. The Labute approximate surface area is 137 Å². The fourth-order valence-electron chi connectivity index (χ4n) is 2.21. The Bertz CT molecular complexity index is 640. The van der Waals surface area contributed by atoms with Gasteiger partial charge in [0.25, 0.3) is 0 Å². The minimum absolute atomic E-state index is 0.231. The summed E-state index contributed by atoms with van der Waals surface area (Å²) in [5, 5.41) is 0. The molecule has 2 N–H and O–H groups in total. The van der Waals surface area contributed by atoms with Crippen molar-refractivity contribution in [1.82, 2.24) is 0 Å². The van der Waals surface area contributed by atoms with Gasteiger partial charge in [-0.3, -0.25) is 0 Å². The highest BCUT2D eigenvalue weighted by Gasteiger charge is 2.11. The van der Waals surface area contributed by atoms with Crippen LogP contribution in [0.25, 0.3) is 0 Å². The third-order valence-electron chi connectivity index (χ3n) is 3.18. The summed E-state index contributed by atoms with van der Waals surface area (Å²) in [6.07, 6.45) is 0.807. The normalized spacial score (nSPS) is 11.1. The van der Waals surface area contributed by atoms with Crippen LogP contribution in [0.15, 0.2) is 48.5 Å². The second-order valence-electron chi connectivity index (χ2n) is 6.16. The molecule has 0 aliphatic heterocycles. The standard InChI is InChI=1S/C19H23NO3/c1-4-22-18(21)15-7-11-17(12-8-15)23-16-9-5-14(6-10-16)13-19(2,3)20/h5-12H,4,13,20H2,1-3H3. The van der Waals surface area contributed by atoms with E-state index in [0.29, 0.717) is 17.9 Å². The third kappa shape index (κ3) is 5.42. The van der Waals surface area contributed by atoms with E-state index < -0.39 is 0 Å². The minimum Gasteiger partial charge on any atom is -0.462 e. The van der Waals surface area contributed by atoms with Crippen LogP contribution in [0.5, 0.6) is 11.5 Å². The van der Waals surface area contributed by atoms with Crippen molar-refractivity contribution in [2.24, 2.45) is 5.73 Å². The van der Waals surface area contributed by atoms with Crippen molar-refractivity contribution in [2.45, 2.75) is 32.7 Å². The van der Waals surface area contributed by atoms with Crippen molar-refractivity contribution in [3.63, 3.8) is 0 Å². The summed E-state index contributed by atoms with van der Waals surface area (Å²) in [6, 6.07) is 14.7. The Kier molecular flexibility index (Phi) is 5.40. The maximum atomic E-state index is 11.6. The van der Waals surface area contributed by atoms with Gasteiger partial charge in [0.2, 0.25) is 0 Å². The predicted octanol–water partition coefficient (Wildman–Crippen LogP) is 3.94. The molecule has 0 unspecified atom stereocenters. The molecule has 0 spiro atoms. The number of nitrogens with two attached hydrogens (primary N) is 1. The Hall–Kier alpha value is -2.33. The van der Waals surface area contributed by atoms with Crippen molar-refractivity contribution in [3.05, 3.63) is 59.7 Å². The van der Waals surface area contributed by atoms with Gasteiger partial charge in [0.15, 0.2) is 0 Å². The number of hydrogen-bond acceptors (Lipinski definition) is 4. The lowest BCUT2D eigenvalue weighted by Gasteiger charge is -2.18. The maximum absolute atomic E-state index is 11.6. The smallest absolute Gasteiger partial charge is 0.338 e. The lowest BCUT2D eigenvalue weighted by atomic mass is 9.96. The average Bonchev–Trinajstić information content (AvgIpc) is 2.49. The first-order valence-corrected chi connectivity index (χ1v) is 7.70. The molecule has 4 nitrogen and oxygen atoms in total. The molecule has 0 saturated heterocycles. The van der Waals surface area contributed by atoms with E-state index in [1.165, 1.54) is 5.56 Å². The number of hydrogen-bond donors (Lipinski definition) is 1. The highest BCUT2D eigenvalue weighted by Crippen LogP contribution is 2.23. The Morgan fingerprint density at radius 1 is 1.00 bits per heavy atom. The summed E-state index contributed by atoms with van der Waals surface area (Å²) in [5.41, 5.74) is 7.47. The zero-order chi connectivity index (χ0) is 16.9. The predicted molar refractivity (Wildman–Crippen MR) is 90.9 cm³/mol. The van der Waals surface area contributed by atoms with Crippen molar-refractivity contribution in [1.29, 1.82) is 0 Å². The van der Waals surface area contributed by atoms with Crippen molar-refractivity contribution in [3.8, 4) is 11.5 Å². The molecule has 0 amide bonds. The van der Waals surface area contributed by atoms with Crippen LogP contribution < -0.4 is 10.5 Å². The summed E-state index contributed by atoms with van der Waals surface area (Å²) < 4.78 is 10.7. The molecule has 0 aliphatic rings. The van der Waals surface area contributed by atoms with E-state index in [2.05, 4.69) is 0 Å². The topological polar surface area (TPSA) is 61.5 Å². The average molecular weight is 313 g/mol. The van der Waals surface area contributed by atoms with Crippen LogP contribution in [0, 0.1) is 0 Å². The molecule has 0 atom stereocenters. The van der Waals surface area contributed by atoms with Crippen LogP contribution in [0.1, 0.15) is 36.7 Å². The Morgan fingerprint density at radius 2 is 1.52 bits per heavy atom. The molecule has 2 rings (SSSR count). The van der Waals surface area contributed by atoms with Gasteiger partial charge in [-0.2, -0.15) is 0 Å². The van der Waals surface area contributed by atoms with Gasteiger partial charge in [-0.25, -0.2) is 4.79 Å². The van der Waals surface area contributed by atoms with E-state index in [4.69, 9.17) is 15.2 Å². The largest absolute Gasteiger partial charge is 0.462 e. The highest BCUT2D eigenvalue weighted by molar-refractivity contribution is 5.89. The van der Waals surface area contributed by atoms with Gasteiger partial charge in [0, 0.05) is 5.54 Å². The van der Waals surface area contributed by atoms with Crippen LogP contribution in [0.3, 0.4) is 0 Å². The van der Waals surface area contributed by atoms with Crippen LogP contribution in [-0.2, 0) is 11.2 Å². The number of carbonyl (C=O) groups excluding carboxylic acids is 1. The molecule has 0 fully saturated rings. The zero-order valence-corrected chi connectivity index (χ0v) is 13.8. The molecule has 2 aromatic rings. The monoisotopic (exact) mass is 313 g/mol. The molecule has 0 radical (unpaired) electrons. The van der Waals surface area contributed by atoms with Crippen LogP contribution in [0.4, 0.5) is 0 Å². The summed E-state index contributed by atoms with van der Waals surface area (Å²) in [5.74, 6) is 1.09. The Balaban J connectivity index is 2.00. The first-order chi connectivity index (χ1) is 10.9. The van der Waals surface area contributed by atoms with Crippen molar-refractivity contribution < 1.29 is 14.3 Å². The molecule has 0 heterocycles. The maximum Gasteiger partial charge on any atom is 0.338 e. The third-order valence-corrected chi connectivity index (χ3v) is 3.18. The van der Waals surface area contributed by atoms with Gasteiger partial charge < -0.3 is 15.2 Å². The summed E-state index contributed by atoms with van der Waals surface area (Å²) in [7, 11) is 0. The molecule has 0 aliphatic carbocycles. The lowest BCUT2D eigenvalue weighted by Crippen LogP contribution is -2.34. The first-order valence-electron chi connectivity index (χ1n) is 7.70. The number of rotatable bonds is 6. The number of esters is 1. The van der Waals surface area contributed by atoms with E-state index in [1.54, 1.807) is 31.2 Å². The van der Waals surface area contributed by atoms with E-state index in [-0.39, 0.29) is 11.5 Å². The van der Waals surface area contributed by atoms with Crippen LogP contribution in [0.2, 0.25) is 0 Å².